The van der Waals surface area contributed by atoms with Crippen LogP contribution in [0.15, 0.2) is 21.8 Å². The second-order valence-corrected chi connectivity index (χ2v) is 6.98. The van der Waals surface area contributed by atoms with E-state index in [1.54, 1.807) is 0 Å². The number of fused-ring (bicyclic) bond motifs is 1. The maximum atomic E-state index is 13.5. The maximum absolute atomic E-state index is 13.5. The zero-order valence-electron chi connectivity index (χ0n) is 13.5. The van der Waals surface area contributed by atoms with Crippen LogP contribution in [0.1, 0.15) is 23.7 Å². The van der Waals surface area contributed by atoms with E-state index in [1.165, 1.54) is 17.8 Å². The van der Waals surface area contributed by atoms with Crippen LogP contribution < -0.4 is 11.1 Å². The molecule has 1 amide bonds. The standard InChI is InChI=1S/C16H21FN4O2S/c1-10-9-19-3-5-21(10)4-2-6-24-16-20-13-8-11(17)7-12(15(18)22)14(13)23-16/h7-8,10,19H,2-6,9H2,1H3,(H2,18,22). The number of thioether (sulfide) groups is 1. The van der Waals surface area contributed by atoms with E-state index in [4.69, 9.17) is 10.2 Å². The molecule has 3 rings (SSSR count). The Labute approximate surface area is 144 Å². The number of halogens is 1. The topological polar surface area (TPSA) is 84.4 Å². The number of benzene rings is 1. The summed E-state index contributed by atoms with van der Waals surface area (Å²) >= 11 is 1.47. The van der Waals surface area contributed by atoms with Crippen molar-refractivity contribution in [1.82, 2.24) is 15.2 Å². The summed E-state index contributed by atoms with van der Waals surface area (Å²) in [5.41, 5.74) is 5.86. The number of primary amides is 1. The number of carbonyl (C=O) groups excluding carboxylic acids is 1. The van der Waals surface area contributed by atoms with Gasteiger partial charge in [-0.3, -0.25) is 9.69 Å². The monoisotopic (exact) mass is 352 g/mol. The molecule has 1 unspecified atom stereocenters. The van der Waals surface area contributed by atoms with Crippen LogP contribution in [0.2, 0.25) is 0 Å². The van der Waals surface area contributed by atoms with Crippen molar-refractivity contribution in [3.05, 3.63) is 23.5 Å². The third-order valence-corrected chi connectivity index (χ3v) is 5.07. The molecule has 2 heterocycles. The first-order chi connectivity index (χ1) is 11.5. The molecule has 1 aliphatic heterocycles. The van der Waals surface area contributed by atoms with Crippen LogP contribution in [0.3, 0.4) is 0 Å². The smallest absolute Gasteiger partial charge is 0.256 e. The fourth-order valence-corrected chi connectivity index (χ4v) is 3.62. The Kier molecular flexibility index (Phi) is 5.37. The normalized spacial score (nSPS) is 19.0. The number of rotatable bonds is 6. The highest BCUT2D eigenvalue weighted by molar-refractivity contribution is 7.99. The van der Waals surface area contributed by atoms with Crippen LogP contribution in [0.25, 0.3) is 11.1 Å². The van der Waals surface area contributed by atoms with Crippen molar-refractivity contribution >= 4 is 28.8 Å². The molecule has 6 nitrogen and oxygen atoms in total. The summed E-state index contributed by atoms with van der Waals surface area (Å²) < 4.78 is 19.1. The lowest BCUT2D eigenvalue weighted by Crippen LogP contribution is -2.49. The third kappa shape index (κ3) is 3.88. The van der Waals surface area contributed by atoms with Gasteiger partial charge in [0.05, 0.1) is 5.56 Å². The van der Waals surface area contributed by atoms with Crippen molar-refractivity contribution in [2.45, 2.75) is 24.6 Å². The number of nitrogens with zero attached hydrogens (tertiary/aromatic N) is 2. The van der Waals surface area contributed by atoms with Gasteiger partial charge in [-0.2, -0.15) is 0 Å². The number of piperazine rings is 1. The van der Waals surface area contributed by atoms with Gasteiger partial charge in [0, 0.05) is 37.5 Å². The van der Waals surface area contributed by atoms with Crippen molar-refractivity contribution in [3.63, 3.8) is 0 Å². The average Bonchev–Trinajstić information content (AvgIpc) is 2.94. The predicted molar refractivity (Wildman–Crippen MR) is 91.7 cm³/mol. The summed E-state index contributed by atoms with van der Waals surface area (Å²) in [7, 11) is 0. The molecule has 0 aliphatic carbocycles. The first-order valence-electron chi connectivity index (χ1n) is 8.02. The summed E-state index contributed by atoms with van der Waals surface area (Å²) in [6.45, 7) is 6.37. The molecule has 130 valence electrons. The van der Waals surface area contributed by atoms with Crippen LogP contribution in [0.4, 0.5) is 4.39 Å². The summed E-state index contributed by atoms with van der Waals surface area (Å²) in [5.74, 6) is -0.425. The molecule has 1 atom stereocenters. The first kappa shape index (κ1) is 17.2. The minimum Gasteiger partial charge on any atom is -0.430 e. The Morgan fingerprint density at radius 3 is 3.17 bits per heavy atom. The van der Waals surface area contributed by atoms with Crippen molar-refractivity contribution in [1.29, 1.82) is 0 Å². The summed E-state index contributed by atoms with van der Waals surface area (Å²) in [6, 6.07) is 2.88. The molecule has 0 spiro atoms. The molecule has 0 radical (unpaired) electrons. The molecule has 0 bridgehead atoms. The van der Waals surface area contributed by atoms with Gasteiger partial charge in [0.1, 0.15) is 11.3 Å². The molecular weight excluding hydrogens is 331 g/mol. The van der Waals surface area contributed by atoms with Crippen LogP contribution in [-0.2, 0) is 0 Å². The van der Waals surface area contributed by atoms with E-state index in [0.29, 0.717) is 16.8 Å². The highest BCUT2D eigenvalue weighted by atomic mass is 32.2. The van der Waals surface area contributed by atoms with E-state index in [9.17, 15) is 9.18 Å². The molecule has 1 saturated heterocycles. The van der Waals surface area contributed by atoms with E-state index in [-0.39, 0.29) is 11.1 Å². The number of amides is 1. The van der Waals surface area contributed by atoms with Gasteiger partial charge in [-0.05, 0) is 26.0 Å². The van der Waals surface area contributed by atoms with E-state index in [1.807, 2.05) is 0 Å². The Bertz CT molecular complexity index is 736. The largest absolute Gasteiger partial charge is 0.430 e. The molecule has 1 aromatic heterocycles. The number of hydrogen-bond acceptors (Lipinski definition) is 6. The van der Waals surface area contributed by atoms with Crippen LogP contribution >= 0.6 is 11.8 Å². The number of oxazole rings is 1. The molecule has 1 aliphatic rings. The molecule has 3 N–H and O–H groups in total. The summed E-state index contributed by atoms with van der Waals surface area (Å²) in [4.78, 5) is 18.1. The van der Waals surface area contributed by atoms with Crippen LogP contribution in [0.5, 0.6) is 0 Å². The summed E-state index contributed by atoms with van der Waals surface area (Å²) in [6.07, 6.45) is 1.00. The van der Waals surface area contributed by atoms with E-state index < -0.39 is 11.7 Å². The number of nitrogens with one attached hydrogen (secondary N) is 1. The van der Waals surface area contributed by atoms with Gasteiger partial charge in [-0.15, -0.1) is 0 Å². The minimum absolute atomic E-state index is 0.0268. The van der Waals surface area contributed by atoms with Gasteiger partial charge < -0.3 is 15.5 Å². The first-order valence-corrected chi connectivity index (χ1v) is 9.00. The second kappa shape index (κ2) is 7.50. The lowest BCUT2D eigenvalue weighted by atomic mass is 10.2. The fourth-order valence-electron chi connectivity index (χ4n) is 2.87. The maximum Gasteiger partial charge on any atom is 0.256 e. The highest BCUT2D eigenvalue weighted by Gasteiger charge is 2.18. The van der Waals surface area contributed by atoms with Gasteiger partial charge in [0.15, 0.2) is 5.58 Å². The number of carbonyl (C=O) groups is 1. The molecule has 1 aromatic carbocycles. The quantitative estimate of drug-likeness (QED) is 0.610. The molecule has 8 heteroatoms. The SMILES string of the molecule is CC1CNCCN1CCCSc1nc2cc(F)cc(C(N)=O)c2o1. The Morgan fingerprint density at radius 2 is 2.42 bits per heavy atom. The number of aromatic nitrogens is 1. The Hall–Kier alpha value is -1.64. The highest BCUT2D eigenvalue weighted by Crippen LogP contribution is 2.27. The molecular formula is C16H21FN4O2S. The minimum atomic E-state index is -0.722. The van der Waals surface area contributed by atoms with E-state index in [2.05, 4.69) is 22.1 Å². The van der Waals surface area contributed by atoms with Gasteiger partial charge >= 0.3 is 0 Å². The zero-order chi connectivity index (χ0) is 17.1. The molecule has 1 fully saturated rings. The van der Waals surface area contributed by atoms with E-state index >= 15 is 0 Å². The molecule has 24 heavy (non-hydrogen) atoms. The predicted octanol–water partition coefficient (Wildman–Crippen LogP) is 1.84. The van der Waals surface area contributed by atoms with Gasteiger partial charge in [-0.25, -0.2) is 9.37 Å². The lowest BCUT2D eigenvalue weighted by molar-refractivity contribution is 0.100. The van der Waals surface area contributed by atoms with E-state index in [0.717, 1.165) is 44.4 Å². The zero-order valence-corrected chi connectivity index (χ0v) is 14.4. The average molecular weight is 352 g/mol. The van der Waals surface area contributed by atoms with Gasteiger partial charge in [0.2, 0.25) is 0 Å². The van der Waals surface area contributed by atoms with Crippen LogP contribution in [0, 0.1) is 5.82 Å². The van der Waals surface area contributed by atoms with Crippen LogP contribution in [-0.4, -0.2) is 53.8 Å². The lowest BCUT2D eigenvalue weighted by Gasteiger charge is -2.33. The Balaban J connectivity index is 1.59. The van der Waals surface area contributed by atoms with Crippen molar-refractivity contribution in [3.8, 4) is 0 Å². The van der Waals surface area contributed by atoms with Gasteiger partial charge in [-0.1, -0.05) is 11.8 Å². The summed E-state index contributed by atoms with van der Waals surface area (Å²) in [5, 5.41) is 3.81. The molecule has 0 saturated carbocycles. The number of nitrogens with two attached hydrogens (primary N) is 1. The molecule has 2 aromatic rings. The van der Waals surface area contributed by atoms with Crippen molar-refractivity contribution < 1.29 is 13.6 Å². The second-order valence-electron chi connectivity index (χ2n) is 5.94. The Morgan fingerprint density at radius 1 is 1.58 bits per heavy atom. The van der Waals surface area contributed by atoms with Crippen molar-refractivity contribution in [2.75, 3.05) is 31.9 Å². The van der Waals surface area contributed by atoms with Gasteiger partial charge in [0.25, 0.3) is 11.1 Å². The third-order valence-electron chi connectivity index (χ3n) is 4.15. The number of hydrogen-bond donors (Lipinski definition) is 2. The fraction of sp³-hybridized carbons (Fsp3) is 0.500. The van der Waals surface area contributed by atoms with Crippen molar-refractivity contribution in [2.24, 2.45) is 5.73 Å².